The van der Waals surface area contributed by atoms with E-state index in [2.05, 4.69) is 59.7 Å². The Morgan fingerprint density at radius 1 is 0.400 bits per heavy atom. The van der Waals surface area contributed by atoms with Crippen molar-refractivity contribution in [3.8, 4) is 17.2 Å². The quantitative estimate of drug-likeness (QED) is 0.00749. The summed E-state index contributed by atoms with van der Waals surface area (Å²) in [6.45, 7) is 0. The number of aromatic carboxylic acids is 4. The molecule has 0 aliphatic carbocycles. The van der Waals surface area contributed by atoms with Crippen molar-refractivity contribution in [2.24, 2.45) is 40.9 Å². The second-order valence-corrected chi connectivity index (χ2v) is 24.4. The van der Waals surface area contributed by atoms with Crippen molar-refractivity contribution in [3.05, 3.63) is 107 Å². The molecule has 0 fully saturated rings. The Morgan fingerprint density at radius 3 is 1.18 bits per heavy atom. The number of hydrogen-bond donors (Lipinski definition) is 14. The highest BCUT2D eigenvalue weighted by atomic mass is 32.2. The minimum atomic E-state index is -5.72. The van der Waals surface area contributed by atoms with Gasteiger partial charge in [-0.3, -0.25) is 18.2 Å². The zero-order valence-electron chi connectivity index (χ0n) is 43.0. The summed E-state index contributed by atoms with van der Waals surface area (Å²) in [5.41, 5.74) is -3.43. The molecule has 0 saturated carbocycles. The van der Waals surface area contributed by atoms with E-state index in [0.29, 0.717) is 18.2 Å². The number of phenols is 3. The summed E-state index contributed by atoms with van der Waals surface area (Å²) in [5, 5.41) is 123. The van der Waals surface area contributed by atoms with Crippen LogP contribution in [0, 0.1) is 0 Å². The first-order chi connectivity index (χ1) is 42.0. The Bertz CT molecular complexity index is 5000. The molecular weight excluding hydrogens is 1330 g/mol. The van der Waals surface area contributed by atoms with Gasteiger partial charge in [0.2, 0.25) is 0 Å². The molecule has 0 saturated heterocycles. The SMILES string of the molecule is Nc1c(N=Nc2ccc3c(O)c(N=Nc4cc(C(=O)O)cc(C(=O)O)c4)c(S(=O)(=O)O)cc3c2S(=O)(=O)O)cc(S(=O)(=O)O)c2cc(SOOO)c(N=Nc3ccc4c(O)c(N=Nc5cc(C(=O)O)cc(C(=O)O)c5)c(SOOO)cc4c3S(=O)(=O)O)c(O)c12. The van der Waals surface area contributed by atoms with Crippen molar-refractivity contribution in [1.82, 2.24) is 0 Å². The fourth-order valence-corrected chi connectivity index (χ4v) is 12.2. The zero-order chi connectivity index (χ0) is 66.3. The lowest BCUT2D eigenvalue weighted by molar-refractivity contribution is -0.432. The standard InChI is InChI=1S/C46H29N9O29S6/c47-34-28(52-50-26-3-2-22-24(42(26)90(78,79)80)13-32(88(72,73)74)37(39(22)57)55-49-20-9-17(45(63)64)6-18(10-20)46(65)66)14-31(87(69,70)71)25-12-30(86-84-82-68)36(40(58)33(25)34)54-51-27-4-1-21-23(41(27)89(75,76)77)11-29(85-83-81-67)35(38(21)56)53-48-19-7-15(43(59)60)5-16(8-19)44(61)62/h1-14,56-58,67-68H,47H2,(H,59,60)(H,61,62)(H,63,64)(H,65,66)(H,69,70,71)(H,72,73,74)(H,75,76,77)(H,78,79,80). The van der Waals surface area contributed by atoms with Gasteiger partial charge in [0.25, 0.3) is 40.5 Å². The lowest BCUT2D eigenvalue weighted by atomic mass is 10.0. The first kappa shape index (κ1) is 66.1. The van der Waals surface area contributed by atoms with Gasteiger partial charge in [0.15, 0.2) is 17.2 Å². The van der Waals surface area contributed by atoms with Crippen molar-refractivity contribution in [2.45, 2.75) is 29.4 Å². The van der Waals surface area contributed by atoms with Crippen molar-refractivity contribution >= 4 is 172 Å². The van der Waals surface area contributed by atoms with Gasteiger partial charge in [-0.2, -0.15) is 43.9 Å². The molecule has 0 aliphatic rings. The number of benzene rings is 8. The molecule has 0 spiro atoms. The first-order valence-electron chi connectivity index (χ1n) is 22.9. The second kappa shape index (κ2) is 25.3. The number of carboxylic acid groups (broad SMARTS) is 4. The van der Waals surface area contributed by atoms with Crippen molar-refractivity contribution in [1.29, 1.82) is 0 Å². The van der Waals surface area contributed by atoms with Gasteiger partial charge in [-0.1, -0.05) is 10.1 Å². The minimum Gasteiger partial charge on any atom is -0.505 e. The van der Waals surface area contributed by atoms with Crippen LogP contribution < -0.4 is 5.73 Å². The number of nitrogens with zero attached hydrogens (tertiary/aromatic N) is 8. The van der Waals surface area contributed by atoms with Gasteiger partial charge >= 0.3 is 23.9 Å². The molecule has 8 rings (SSSR count). The normalized spacial score (nSPS) is 12.6. The summed E-state index contributed by atoms with van der Waals surface area (Å²) in [6.07, 6.45) is 0. The maximum atomic E-state index is 13.2. The van der Waals surface area contributed by atoms with Crippen LogP contribution in [0.3, 0.4) is 0 Å². The molecule has 8 aromatic rings. The van der Waals surface area contributed by atoms with Gasteiger partial charge in [-0.15, -0.1) is 39.4 Å². The van der Waals surface area contributed by atoms with E-state index in [4.69, 9.17) is 16.2 Å². The number of hydrogen-bond acceptors (Lipinski definition) is 32. The van der Waals surface area contributed by atoms with E-state index in [1.54, 1.807) is 0 Å². The molecule has 15 N–H and O–H groups in total. The summed E-state index contributed by atoms with van der Waals surface area (Å²) in [6, 6.07) is 10.4. The molecule has 0 radical (unpaired) electrons. The zero-order valence-corrected chi connectivity index (χ0v) is 47.9. The Morgan fingerprint density at radius 2 is 0.767 bits per heavy atom. The van der Waals surface area contributed by atoms with E-state index in [9.17, 15) is 107 Å². The Balaban J connectivity index is 1.29. The van der Waals surface area contributed by atoms with Crippen LogP contribution in [0.5, 0.6) is 17.2 Å². The second-order valence-electron chi connectivity index (χ2n) is 17.4. The summed E-state index contributed by atoms with van der Waals surface area (Å²) < 4.78 is 155. The van der Waals surface area contributed by atoms with Crippen LogP contribution >= 0.6 is 24.1 Å². The van der Waals surface area contributed by atoms with Crippen LogP contribution in [0.4, 0.5) is 51.2 Å². The summed E-state index contributed by atoms with van der Waals surface area (Å²) in [7, 11) is -22.5. The monoisotopic (exact) mass is 1360 g/mol. The highest BCUT2D eigenvalue weighted by molar-refractivity contribution is 7.95. The first-order valence-corrected chi connectivity index (χ1v) is 30.2. The minimum absolute atomic E-state index is 0.0104. The van der Waals surface area contributed by atoms with E-state index in [-0.39, 0.29) is 24.1 Å². The van der Waals surface area contributed by atoms with E-state index >= 15 is 0 Å². The third kappa shape index (κ3) is 13.7. The van der Waals surface area contributed by atoms with Crippen LogP contribution in [-0.4, -0.2) is 122 Å². The van der Waals surface area contributed by atoms with E-state index in [1.807, 2.05) is 0 Å². The smallest absolute Gasteiger partial charge is 0.335 e. The maximum Gasteiger partial charge on any atom is 0.335 e. The molecule has 0 atom stereocenters. The molecule has 0 bridgehead atoms. The van der Waals surface area contributed by atoms with E-state index in [0.717, 1.165) is 66.7 Å². The maximum absolute atomic E-state index is 13.2. The number of nitrogens with two attached hydrogens (primary N) is 1. The van der Waals surface area contributed by atoms with Crippen LogP contribution in [0.2, 0.25) is 0 Å². The number of aromatic hydroxyl groups is 3. The number of anilines is 1. The highest BCUT2D eigenvalue weighted by Gasteiger charge is 2.31. The molecular formula is C46H29N9O29S6. The van der Waals surface area contributed by atoms with E-state index in [1.165, 1.54) is 0 Å². The molecule has 0 aliphatic heterocycles. The molecule has 0 amide bonds. The molecule has 0 aromatic heterocycles. The van der Waals surface area contributed by atoms with Crippen LogP contribution in [0.1, 0.15) is 41.4 Å². The van der Waals surface area contributed by atoms with Gasteiger partial charge in [0, 0.05) is 26.9 Å². The average molecular weight is 1360 g/mol. The predicted molar refractivity (Wildman–Crippen MR) is 299 cm³/mol. The molecule has 8 aromatic carbocycles. The number of phenolic OH excluding ortho intramolecular Hbond substituents is 3. The fraction of sp³-hybridized carbons (Fsp3) is 0. The number of nitrogen functional groups attached to an aromatic ring is 1. The van der Waals surface area contributed by atoms with Gasteiger partial charge in [-0.05, 0) is 84.9 Å². The molecule has 90 heavy (non-hydrogen) atoms. The van der Waals surface area contributed by atoms with Crippen LogP contribution in [0.15, 0.2) is 155 Å². The summed E-state index contributed by atoms with van der Waals surface area (Å²) >= 11 is -0.0695. The van der Waals surface area contributed by atoms with Crippen LogP contribution in [-0.2, 0) is 59.2 Å². The molecule has 38 nitrogen and oxygen atoms in total. The third-order valence-corrected chi connectivity index (χ3v) is 16.8. The number of fused-ring (bicyclic) bond motifs is 3. The lowest BCUT2D eigenvalue weighted by Crippen LogP contribution is -2.03. The van der Waals surface area contributed by atoms with Gasteiger partial charge < -0.3 is 41.5 Å². The van der Waals surface area contributed by atoms with Gasteiger partial charge in [0.1, 0.15) is 53.7 Å². The molecule has 0 unspecified atom stereocenters. The van der Waals surface area contributed by atoms with Crippen molar-refractivity contribution < 1.29 is 136 Å². The van der Waals surface area contributed by atoms with Crippen molar-refractivity contribution in [2.75, 3.05) is 5.73 Å². The van der Waals surface area contributed by atoms with Gasteiger partial charge in [0.05, 0.1) is 78.6 Å². The fourth-order valence-electron chi connectivity index (χ4n) is 8.24. The number of azo groups is 4. The predicted octanol–water partition coefficient (Wildman–Crippen LogP) is 10.1. The lowest BCUT2D eigenvalue weighted by Gasteiger charge is -2.15. The summed E-state index contributed by atoms with van der Waals surface area (Å²) in [4.78, 5) is 40.2. The Kier molecular flexibility index (Phi) is 18.6. The summed E-state index contributed by atoms with van der Waals surface area (Å²) in [5.74, 6) is -10.0. The average Bonchev–Trinajstić information content (AvgIpc) is 0.760. The third-order valence-electron chi connectivity index (χ3n) is 11.9. The number of carboxylic acids is 4. The molecule has 44 heteroatoms. The number of carbonyl (C=O) groups is 4. The highest BCUT2D eigenvalue weighted by Crippen LogP contribution is 2.52. The van der Waals surface area contributed by atoms with E-state index < -0.39 is 217 Å². The number of rotatable bonds is 22. The Hall–Kier alpha value is -9.88. The molecule has 468 valence electrons. The van der Waals surface area contributed by atoms with Crippen molar-refractivity contribution in [3.63, 3.8) is 0 Å². The topological polar surface area (TPSA) is 630 Å². The Labute approximate surface area is 505 Å². The van der Waals surface area contributed by atoms with Crippen LogP contribution in [0.25, 0.3) is 32.3 Å². The largest absolute Gasteiger partial charge is 0.505 e. The molecule has 0 heterocycles. The van der Waals surface area contributed by atoms with Gasteiger partial charge in [-0.25, -0.2) is 29.7 Å².